The van der Waals surface area contributed by atoms with Gasteiger partial charge in [-0.1, -0.05) is 54.1 Å². The number of carbonyl (C=O) groups is 2. The molecule has 3 N–H and O–H groups in total. The van der Waals surface area contributed by atoms with Crippen LogP contribution < -0.4 is 10.0 Å². The molecule has 3 aromatic carbocycles. The smallest absolute Gasteiger partial charge is 0.325 e. The Morgan fingerprint density at radius 3 is 2.24 bits per heavy atom. The summed E-state index contributed by atoms with van der Waals surface area (Å²) in [4.78, 5) is 28.7. The van der Waals surface area contributed by atoms with Crippen LogP contribution in [0.5, 0.6) is 0 Å². The van der Waals surface area contributed by atoms with E-state index in [1.54, 1.807) is 66.7 Å². The number of carboxylic acid groups (broad SMARTS) is 1. The van der Waals surface area contributed by atoms with Gasteiger partial charge in [0.05, 0.1) is 4.90 Å². The zero-order valence-electron chi connectivity index (χ0n) is 19.8. The Bertz CT molecular complexity index is 1610. The van der Waals surface area contributed by atoms with Gasteiger partial charge in [-0.15, -0.1) is 0 Å². The van der Waals surface area contributed by atoms with Crippen LogP contribution in [0.25, 0.3) is 11.1 Å². The molecule has 2 atom stereocenters. The van der Waals surface area contributed by atoms with Gasteiger partial charge in [0.25, 0.3) is 5.91 Å². The van der Waals surface area contributed by atoms with Gasteiger partial charge >= 0.3 is 5.97 Å². The van der Waals surface area contributed by atoms with Gasteiger partial charge < -0.3 is 10.4 Å². The predicted molar refractivity (Wildman–Crippen MR) is 144 cm³/mol. The fraction of sp³-hybridized carbons (Fsp3) is 0.107. The van der Waals surface area contributed by atoms with Gasteiger partial charge in [0, 0.05) is 22.8 Å². The highest BCUT2D eigenvalue weighted by atomic mass is 35.5. The van der Waals surface area contributed by atoms with Crippen LogP contribution >= 0.6 is 11.6 Å². The summed E-state index contributed by atoms with van der Waals surface area (Å²) in [6.45, 7) is 0. The number of carboxylic acids is 1. The van der Waals surface area contributed by atoms with Crippen molar-refractivity contribution < 1.29 is 23.1 Å². The van der Waals surface area contributed by atoms with Gasteiger partial charge in [0.15, 0.2) is 0 Å². The van der Waals surface area contributed by atoms with E-state index in [0.29, 0.717) is 16.3 Å². The number of amides is 1. The lowest BCUT2D eigenvalue weighted by atomic mass is 10.1. The zero-order valence-corrected chi connectivity index (χ0v) is 21.4. The second-order valence-corrected chi connectivity index (χ2v) is 11.1. The highest BCUT2D eigenvalue weighted by Crippen LogP contribution is 2.52. The molecule has 1 aliphatic carbocycles. The second kappa shape index (κ2) is 10.0. The van der Waals surface area contributed by atoms with Crippen molar-refractivity contribution in [3.8, 4) is 11.1 Å². The van der Waals surface area contributed by atoms with E-state index in [1.165, 1.54) is 18.3 Å². The first-order chi connectivity index (χ1) is 18.2. The summed E-state index contributed by atoms with van der Waals surface area (Å²) in [6.07, 6.45) is 1.58. The fourth-order valence-electron chi connectivity index (χ4n) is 4.35. The molecule has 1 amide bonds. The molecule has 0 saturated heterocycles. The predicted octanol–water partition coefficient (Wildman–Crippen LogP) is 4.94. The molecule has 4 aromatic rings. The molecule has 0 bridgehead atoms. The number of carbonyl (C=O) groups excluding carboxylic acids is 1. The molecule has 10 heteroatoms. The summed E-state index contributed by atoms with van der Waals surface area (Å²) in [5.41, 5.74) is 1.24. The maximum atomic E-state index is 13.2. The summed E-state index contributed by atoms with van der Waals surface area (Å²) < 4.78 is 28.8. The molecule has 2 unspecified atom stereocenters. The Morgan fingerprint density at radius 2 is 1.61 bits per heavy atom. The molecule has 1 saturated carbocycles. The van der Waals surface area contributed by atoms with Crippen molar-refractivity contribution in [2.75, 3.05) is 5.32 Å². The maximum Gasteiger partial charge on any atom is 0.325 e. The number of anilines is 1. The van der Waals surface area contributed by atoms with Crippen LogP contribution in [0.15, 0.2) is 102 Å². The van der Waals surface area contributed by atoms with Crippen molar-refractivity contribution in [3.05, 3.63) is 113 Å². The van der Waals surface area contributed by atoms with Crippen LogP contribution in [0.3, 0.4) is 0 Å². The summed E-state index contributed by atoms with van der Waals surface area (Å²) in [5, 5.41) is 13.3. The van der Waals surface area contributed by atoms with Crippen molar-refractivity contribution in [2.45, 2.75) is 22.8 Å². The number of hydrogen-bond donors (Lipinski definition) is 3. The number of halogens is 1. The molecule has 0 spiro atoms. The molecule has 1 heterocycles. The number of nitrogens with one attached hydrogen (secondary N) is 2. The lowest BCUT2D eigenvalue weighted by molar-refractivity contribution is -0.140. The number of pyridine rings is 1. The third-order valence-corrected chi connectivity index (χ3v) is 8.22. The first-order valence-corrected chi connectivity index (χ1v) is 13.5. The summed E-state index contributed by atoms with van der Waals surface area (Å²) in [7, 11) is -4.14. The molecular formula is C28H22ClN3O5S. The first-order valence-electron chi connectivity index (χ1n) is 11.6. The van der Waals surface area contributed by atoms with Crippen molar-refractivity contribution in [1.29, 1.82) is 0 Å². The number of nitrogens with zero attached hydrogens (tertiary/aromatic N) is 1. The molecule has 1 aliphatic rings. The average Bonchev–Trinajstić information content (AvgIpc) is 3.65. The summed E-state index contributed by atoms with van der Waals surface area (Å²) in [6, 6.07) is 25.0. The molecule has 1 fully saturated rings. The average molecular weight is 548 g/mol. The SMILES string of the molecule is O=C(Nc1cccc(C2CC2(NS(=O)(=O)c2ccc(-c3ccc(Cl)cc3)cc2)C(=O)O)c1)c1ccccn1. The van der Waals surface area contributed by atoms with E-state index in [2.05, 4.69) is 15.0 Å². The number of benzene rings is 3. The Balaban J connectivity index is 1.34. The number of rotatable bonds is 8. The van der Waals surface area contributed by atoms with E-state index >= 15 is 0 Å². The lowest BCUT2D eigenvalue weighted by Gasteiger charge is -2.16. The van der Waals surface area contributed by atoms with Gasteiger partial charge in [0.2, 0.25) is 10.0 Å². The quantitative estimate of drug-likeness (QED) is 0.287. The minimum Gasteiger partial charge on any atom is -0.480 e. The Kier molecular flexibility index (Phi) is 6.75. The minimum absolute atomic E-state index is 0.0436. The minimum atomic E-state index is -4.14. The molecular weight excluding hydrogens is 526 g/mol. The molecule has 192 valence electrons. The Morgan fingerprint density at radius 1 is 0.921 bits per heavy atom. The van der Waals surface area contributed by atoms with Crippen molar-refractivity contribution >= 4 is 39.2 Å². The number of aromatic nitrogens is 1. The number of aliphatic carboxylic acids is 1. The van der Waals surface area contributed by atoms with Crippen molar-refractivity contribution in [2.24, 2.45) is 0 Å². The van der Waals surface area contributed by atoms with Crippen LogP contribution in [-0.2, 0) is 14.8 Å². The van der Waals surface area contributed by atoms with Gasteiger partial charge in [0.1, 0.15) is 11.2 Å². The summed E-state index contributed by atoms with van der Waals surface area (Å²) >= 11 is 5.93. The standard InChI is InChI=1S/C28H22ClN3O5S/c29-21-11-7-18(8-12-21)19-9-13-23(14-10-19)38(36,37)32-28(27(34)35)17-24(28)20-4-3-5-22(16-20)31-26(33)25-6-1-2-15-30-25/h1-16,24,32H,17H2,(H,31,33)(H,34,35). The molecule has 8 nitrogen and oxygen atoms in total. The van der Waals surface area contributed by atoms with Crippen LogP contribution in [0, 0.1) is 0 Å². The largest absolute Gasteiger partial charge is 0.480 e. The van der Waals surface area contributed by atoms with Gasteiger partial charge in [-0.2, -0.15) is 4.72 Å². The van der Waals surface area contributed by atoms with Crippen LogP contribution in [0.2, 0.25) is 5.02 Å². The van der Waals surface area contributed by atoms with E-state index < -0.39 is 33.4 Å². The molecule has 5 rings (SSSR count). The maximum absolute atomic E-state index is 13.2. The van der Waals surface area contributed by atoms with E-state index in [-0.39, 0.29) is 17.0 Å². The third kappa shape index (κ3) is 5.17. The highest BCUT2D eigenvalue weighted by Gasteiger charge is 2.63. The van der Waals surface area contributed by atoms with Crippen LogP contribution in [0.1, 0.15) is 28.4 Å². The van der Waals surface area contributed by atoms with Crippen molar-refractivity contribution in [3.63, 3.8) is 0 Å². The van der Waals surface area contributed by atoms with Gasteiger partial charge in [-0.25, -0.2) is 8.42 Å². The topological polar surface area (TPSA) is 125 Å². The fourth-order valence-corrected chi connectivity index (χ4v) is 5.88. The summed E-state index contributed by atoms with van der Waals surface area (Å²) in [5.74, 6) is -2.30. The number of sulfonamides is 1. The Labute approximate surface area is 224 Å². The van der Waals surface area contributed by atoms with E-state index in [4.69, 9.17) is 11.6 Å². The molecule has 0 radical (unpaired) electrons. The Hall–Kier alpha value is -4.05. The normalized spacial score (nSPS) is 18.5. The first kappa shape index (κ1) is 25.6. The van der Waals surface area contributed by atoms with E-state index in [0.717, 1.165) is 11.1 Å². The van der Waals surface area contributed by atoms with E-state index in [9.17, 15) is 23.1 Å². The monoisotopic (exact) mass is 547 g/mol. The van der Waals surface area contributed by atoms with Gasteiger partial charge in [-0.3, -0.25) is 14.6 Å². The molecule has 38 heavy (non-hydrogen) atoms. The number of hydrogen-bond acceptors (Lipinski definition) is 5. The van der Waals surface area contributed by atoms with Crippen molar-refractivity contribution in [1.82, 2.24) is 9.71 Å². The van der Waals surface area contributed by atoms with Crippen LogP contribution in [-0.4, -0.2) is 35.9 Å². The van der Waals surface area contributed by atoms with Gasteiger partial charge in [-0.05, 0) is 71.6 Å². The third-order valence-electron chi connectivity index (χ3n) is 6.45. The van der Waals surface area contributed by atoms with E-state index in [1.807, 2.05) is 12.1 Å². The molecule has 1 aromatic heterocycles. The van der Waals surface area contributed by atoms with Crippen LogP contribution in [0.4, 0.5) is 5.69 Å². The lowest BCUT2D eigenvalue weighted by Crippen LogP contribution is -2.44. The highest BCUT2D eigenvalue weighted by molar-refractivity contribution is 7.89. The molecule has 0 aliphatic heterocycles. The zero-order chi connectivity index (χ0) is 26.9. The second-order valence-electron chi connectivity index (χ2n) is 8.96.